The van der Waals surface area contributed by atoms with Gasteiger partial charge in [0.2, 0.25) is 0 Å². The van der Waals surface area contributed by atoms with Gasteiger partial charge in [-0.05, 0) is 19.1 Å². The number of rotatable bonds is 1. The monoisotopic (exact) mass is 230 g/mol. The van der Waals surface area contributed by atoms with Crippen molar-refractivity contribution in [2.45, 2.75) is 13.0 Å². The van der Waals surface area contributed by atoms with Crippen LogP contribution in [0.1, 0.15) is 6.92 Å². The molecule has 2 heterocycles. The molecule has 0 amide bonds. The largest absolute Gasteiger partial charge is 0.366 e. The highest BCUT2D eigenvalue weighted by atomic mass is 15.3. The van der Waals surface area contributed by atoms with Crippen molar-refractivity contribution in [3.05, 3.63) is 24.4 Å². The molecule has 0 radical (unpaired) electrons. The lowest BCUT2D eigenvalue weighted by Gasteiger charge is -2.36. The van der Waals surface area contributed by atoms with Crippen molar-refractivity contribution in [3.63, 3.8) is 0 Å². The molecular weight excluding hydrogens is 212 g/mol. The molecule has 1 aliphatic rings. The third kappa shape index (κ3) is 1.69. The Morgan fingerprint density at radius 1 is 1.41 bits per heavy atom. The molecule has 1 atom stereocenters. The molecule has 3 rings (SSSR count). The van der Waals surface area contributed by atoms with Crippen LogP contribution in [0.4, 0.5) is 5.69 Å². The topological polar surface area (TPSA) is 33.1 Å². The third-order valence-corrected chi connectivity index (χ3v) is 3.58. The molecule has 0 unspecified atom stereocenters. The average molecular weight is 230 g/mol. The van der Waals surface area contributed by atoms with Gasteiger partial charge < -0.3 is 10.2 Å². The van der Waals surface area contributed by atoms with E-state index >= 15 is 0 Å². The van der Waals surface area contributed by atoms with Crippen LogP contribution in [-0.4, -0.2) is 35.5 Å². The minimum atomic E-state index is 0.537. The van der Waals surface area contributed by atoms with Crippen LogP contribution in [0.25, 0.3) is 10.9 Å². The van der Waals surface area contributed by atoms with Crippen LogP contribution in [0.3, 0.4) is 0 Å². The average Bonchev–Trinajstić information content (AvgIpc) is 2.72. The summed E-state index contributed by atoms with van der Waals surface area (Å²) in [5.74, 6) is 0. The van der Waals surface area contributed by atoms with E-state index in [9.17, 15) is 0 Å². The Labute approximate surface area is 101 Å². The van der Waals surface area contributed by atoms with E-state index < -0.39 is 0 Å². The highest BCUT2D eigenvalue weighted by Crippen LogP contribution is 2.28. The van der Waals surface area contributed by atoms with E-state index in [4.69, 9.17) is 0 Å². The van der Waals surface area contributed by atoms with E-state index in [1.807, 2.05) is 17.9 Å². The number of hydrogen-bond acceptors (Lipinski definition) is 3. The van der Waals surface area contributed by atoms with Crippen LogP contribution in [0.5, 0.6) is 0 Å². The standard InChI is InChI=1S/C13H18N4/c1-10-8-14-6-7-17(10)13-5-3-4-12-11(13)9-15-16(12)2/h3-5,9-10,14H,6-8H2,1-2H3/t10-/m0/s1. The van der Waals surface area contributed by atoms with Crippen LogP contribution in [0, 0.1) is 0 Å². The molecule has 90 valence electrons. The fraction of sp³-hybridized carbons (Fsp3) is 0.462. The lowest BCUT2D eigenvalue weighted by molar-refractivity contribution is 0.502. The van der Waals surface area contributed by atoms with Gasteiger partial charge in [-0.25, -0.2) is 0 Å². The number of hydrogen-bond donors (Lipinski definition) is 1. The predicted octanol–water partition coefficient (Wildman–Crippen LogP) is 1.37. The number of nitrogens with one attached hydrogen (secondary N) is 1. The van der Waals surface area contributed by atoms with Gasteiger partial charge >= 0.3 is 0 Å². The van der Waals surface area contributed by atoms with E-state index in [0.29, 0.717) is 6.04 Å². The second-order valence-electron chi connectivity index (χ2n) is 4.72. The van der Waals surface area contributed by atoms with Crippen molar-refractivity contribution < 1.29 is 0 Å². The molecule has 1 N–H and O–H groups in total. The fourth-order valence-corrected chi connectivity index (χ4v) is 2.61. The summed E-state index contributed by atoms with van der Waals surface area (Å²) in [6.45, 7) is 5.44. The molecule has 0 bridgehead atoms. The second kappa shape index (κ2) is 4.04. The lowest BCUT2D eigenvalue weighted by Crippen LogP contribution is -2.49. The number of aryl methyl sites for hydroxylation is 1. The number of aromatic nitrogens is 2. The molecule has 1 aliphatic heterocycles. The Morgan fingerprint density at radius 2 is 2.29 bits per heavy atom. The Bertz CT molecular complexity index is 531. The van der Waals surface area contributed by atoms with Crippen LogP contribution in [-0.2, 0) is 7.05 Å². The van der Waals surface area contributed by atoms with Gasteiger partial charge in [0.1, 0.15) is 0 Å². The number of anilines is 1. The van der Waals surface area contributed by atoms with Gasteiger partial charge in [-0.3, -0.25) is 4.68 Å². The normalized spacial score (nSPS) is 21.1. The van der Waals surface area contributed by atoms with Crippen LogP contribution in [0.2, 0.25) is 0 Å². The third-order valence-electron chi connectivity index (χ3n) is 3.58. The molecule has 4 heteroatoms. The number of nitrogens with zero attached hydrogens (tertiary/aromatic N) is 3. The van der Waals surface area contributed by atoms with E-state index in [2.05, 4.69) is 40.4 Å². The maximum atomic E-state index is 4.35. The summed E-state index contributed by atoms with van der Waals surface area (Å²) in [5.41, 5.74) is 2.51. The first-order chi connectivity index (χ1) is 8.27. The first kappa shape index (κ1) is 10.6. The molecule has 1 aromatic carbocycles. The molecule has 1 aromatic heterocycles. The summed E-state index contributed by atoms with van der Waals surface area (Å²) in [4.78, 5) is 2.47. The Balaban J connectivity index is 2.10. The maximum absolute atomic E-state index is 4.35. The van der Waals surface area contributed by atoms with Gasteiger partial charge in [-0.1, -0.05) is 6.07 Å². The maximum Gasteiger partial charge on any atom is 0.0700 e. The molecular formula is C13H18N4. The van der Waals surface area contributed by atoms with Crippen LogP contribution in [0.15, 0.2) is 24.4 Å². The highest BCUT2D eigenvalue weighted by Gasteiger charge is 2.20. The van der Waals surface area contributed by atoms with Gasteiger partial charge in [-0.2, -0.15) is 5.10 Å². The van der Waals surface area contributed by atoms with Crippen LogP contribution >= 0.6 is 0 Å². The van der Waals surface area contributed by atoms with Gasteiger partial charge in [0.25, 0.3) is 0 Å². The zero-order chi connectivity index (χ0) is 11.8. The van der Waals surface area contributed by atoms with Gasteiger partial charge in [-0.15, -0.1) is 0 Å². The SMILES string of the molecule is C[C@H]1CNCCN1c1cccc2c1cnn2C. The zero-order valence-electron chi connectivity index (χ0n) is 10.3. The van der Waals surface area contributed by atoms with Crippen molar-refractivity contribution in [2.75, 3.05) is 24.5 Å². The second-order valence-corrected chi connectivity index (χ2v) is 4.72. The van der Waals surface area contributed by atoms with Gasteiger partial charge in [0, 0.05) is 43.8 Å². The molecule has 0 aliphatic carbocycles. The minimum Gasteiger partial charge on any atom is -0.366 e. The fourth-order valence-electron chi connectivity index (χ4n) is 2.61. The Hall–Kier alpha value is -1.55. The number of piperazine rings is 1. The van der Waals surface area contributed by atoms with Crippen LogP contribution < -0.4 is 10.2 Å². The van der Waals surface area contributed by atoms with Gasteiger partial charge in [0.15, 0.2) is 0 Å². The first-order valence-corrected chi connectivity index (χ1v) is 6.15. The summed E-state index contributed by atoms with van der Waals surface area (Å²) >= 11 is 0. The van der Waals surface area contributed by atoms with Crippen molar-refractivity contribution >= 4 is 16.6 Å². The highest BCUT2D eigenvalue weighted by molar-refractivity contribution is 5.92. The molecule has 1 saturated heterocycles. The number of benzene rings is 1. The summed E-state index contributed by atoms with van der Waals surface area (Å²) in [6.07, 6.45) is 1.97. The van der Waals surface area contributed by atoms with Crippen molar-refractivity contribution in [1.29, 1.82) is 0 Å². The van der Waals surface area contributed by atoms with E-state index in [0.717, 1.165) is 19.6 Å². The quantitative estimate of drug-likeness (QED) is 0.803. The number of fused-ring (bicyclic) bond motifs is 1. The molecule has 4 nitrogen and oxygen atoms in total. The molecule has 0 spiro atoms. The summed E-state index contributed by atoms with van der Waals surface area (Å²) in [6, 6.07) is 6.98. The summed E-state index contributed by atoms with van der Waals surface area (Å²) in [7, 11) is 1.99. The van der Waals surface area contributed by atoms with Crippen molar-refractivity contribution in [1.82, 2.24) is 15.1 Å². The molecule has 17 heavy (non-hydrogen) atoms. The molecule has 0 saturated carbocycles. The van der Waals surface area contributed by atoms with E-state index in [1.165, 1.54) is 16.6 Å². The van der Waals surface area contributed by atoms with E-state index in [1.54, 1.807) is 0 Å². The molecule has 2 aromatic rings. The Morgan fingerprint density at radius 3 is 3.12 bits per heavy atom. The van der Waals surface area contributed by atoms with Crippen molar-refractivity contribution in [2.24, 2.45) is 7.05 Å². The van der Waals surface area contributed by atoms with Gasteiger partial charge in [0.05, 0.1) is 11.7 Å². The minimum absolute atomic E-state index is 0.537. The molecule has 1 fully saturated rings. The summed E-state index contributed by atoms with van der Waals surface area (Å²) < 4.78 is 1.94. The Kier molecular flexibility index (Phi) is 2.52. The van der Waals surface area contributed by atoms with Crippen molar-refractivity contribution in [3.8, 4) is 0 Å². The first-order valence-electron chi connectivity index (χ1n) is 6.15. The lowest BCUT2D eigenvalue weighted by atomic mass is 10.1. The van der Waals surface area contributed by atoms with E-state index in [-0.39, 0.29) is 0 Å². The smallest absolute Gasteiger partial charge is 0.0700 e. The summed E-state index contributed by atoms with van der Waals surface area (Å²) in [5, 5.41) is 9.03. The zero-order valence-corrected chi connectivity index (χ0v) is 10.3. The predicted molar refractivity (Wildman–Crippen MR) is 70.4 cm³/mol.